The Balaban J connectivity index is 2.39. The highest BCUT2D eigenvalue weighted by molar-refractivity contribution is 5.34. The first-order valence-corrected chi connectivity index (χ1v) is 5.43. The van der Waals surface area contributed by atoms with Crippen LogP contribution in [0.3, 0.4) is 0 Å². The highest BCUT2D eigenvalue weighted by Crippen LogP contribution is 2.14. The number of allylic oxidation sites excluding steroid dienone is 3. The summed E-state index contributed by atoms with van der Waals surface area (Å²) in [7, 11) is 0. The van der Waals surface area contributed by atoms with Crippen LogP contribution in [0.5, 0.6) is 0 Å². The zero-order valence-corrected chi connectivity index (χ0v) is 9.44. The molecule has 2 atom stereocenters. The quantitative estimate of drug-likeness (QED) is 0.676. The maximum Gasteiger partial charge on any atom is 0.102 e. The molecule has 0 aromatic rings. The molecule has 1 aliphatic heterocycles. The molecule has 0 aromatic carbocycles. The maximum atomic E-state index is 9.58. The van der Waals surface area contributed by atoms with Crippen LogP contribution >= 0.6 is 0 Å². The lowest BCUT2D eigenvalue weighted by atomic mass is 10.1. The lowest BCUT2D eigenvalue weighted by Crippen LogP contribution is -2.32. The number of aliphatic hydroxyl groups excluding tert-OH is 1. The second-order valence-corrected chi connectivity index (χ2v) is 3.44. The Kier molecular flexibility index (Phi) is 6.11. The molecule has 16 heavy (non-hydrogen) atoms. The molecule has 0 aliphatic carbocycles. The minimum Gasteiger partial charge on any atom is -0.390 e. The molecule has 0 unspecified atom stereocenters. The van der Waals surface area contributed by atoms with Gasteiger partial charge in [0.15, 0.2) is 0 Å². The smallest absolute Gasteiger partial charge is 0.102 e. The van der Waals surface area contributed by atoms with E-state index in [-0.39, 0.29) is 6.10 Å². The van der Waals surface area contributed by atoms with Crippen LogP contribution in [0.4, 0.5) is 0 Å². The second kappa shape index (κ2) is 7.77. The molecule has 0 bridgehead atoms. The van der Waals surface area contributed by atoms with Gasteiger partial charge in [-0.3, -0.25) is 0 Å². The Morgan fingerprint density at radius 2 is 2.00 bits per heavy atom. The topological polar surface area (TPSA) is 29.5 Å². The highest BCUT2D eigenvalue weighted by Gasteiger charge is 2.20. The van der Waals surface area contributed by atoms with E-state index >= 15 is 0 Å². The standard InChI is InChI=1S/C14H16O2/c1-2-3-4-5-6-7-8-11-14-13(15)10-9-12-16-14/h2-3,8,11,13-15H,9-10,12H2,1H3/b3-2+,11-8+/t13-,14+/m1/s1. The summed E-state index contributed by atoms with van der Waals surface area (Å²) >= 11 is 0. The Hall–Kier alpha value is -1.48. The van der Waals surface area contributed by atoms with Gasteiger partial charge in [-0.15, -0.1) is 0 Å². The van der Waals surface area contributed by atoms with Gasteiger partial charge in [0.2, 0.25) is 0 Å². The maximum absolute atomic E-state index is 9.58. The number of hydrogen-bond acceptors (Lipinski definition) is 2. The lowest BCUT2D eigenvalue weighted by molar-refractivity contribution is -0.0483. The molecule has 1 rings (SSSR count). The highest BCUT2D eigenvalue weighted by atomic mass is 16.5. The van der Waals surface area contributed by atoms with E-state index < -0.39 is 6.10 Å². The number of rotatable bonds is 1. The van der Waals surface area contributed by atoms with Crippen LogP contribution in [-0.2, 0) is 4.74 Å². The van der Waals surface area contributed by atoms with Crippen molar-refractivity contribution in [2.24, 2.45) is 0 Å². The van der Waals surface area contributed by atoms with Gasteiger partial charge in [0.25, 0.3) is 0 Å². The van der Waals surface area contributed by atoms with Crippen LogP contribution in [-0.4, -0.2) is 23.9 Å². The molecule has 0 aromatic heterocycles. The molecular weight excluding hydrogens is 200 g/mol. The van der Waals surface area contributed by atoms with Crippen molar-refractivity contribution in [2.75, 3.05) is 6.61 Å². The zero-order chi connectivity index (χ0) is 11.6. The minimum atomic E-state index is -0.402. The van der Waals surface area contributed by atoms with E-state index in [4.69, 9.17) is 4.74 Å². The van der Waals surface area contributed by atoms with Gasteiger partial charge in [0.1, 0.15) is 6.10 Å². The molecule has 0 saturated carbocycles. The van der Waals surface area contributed by atoms with Gasteiger partial charge in [-0.05, 0) is 49.8 Å². The summed E-state index contributed by atoms with van der Waals surface area (Å²) in [6, 6.07) is 0. The van der Waals surface area contributed by atoms with Crippen molar-refractivity contribution in [3.05, 3.63) is 24.3 Å². The van der Waals surface area contributed by atoms with E-state index in [1.54, 1.807) is 18.2 Å². The molecule has 1 saturated heterocycles. The number of aliphatic hydroxyl groups is 1. The molecule has 1 heterocycles. The molecule has 84 valence electrons. The molecule has 1 fully saturated rings. The van der Waals surface area contributed by atoms with Crippen LogP contribution in [0.1, 0.15) is 19.8 Å². The molecule has 2 heteroatoms. The summed E-state index contributed by atoms with van der Waals surface area (Å²) in [5.41, 5.74) is 0. The molecule has 1 aliphatic rings. The monoisotopic (exact) mass is 216 g/mol. The molecule has 0 spiro atoms. The Labute approximate surface area is 97.0 Å². The fourth-order valence-electron chi connectivity index (χ4n) is 1.35. The van der Waals surface area contributed by atoms with Gasteiger partial charge in [-0.2, -0.15) is 0 Å². The van der Waals surface area contributed by atoms with E-state index in [1.165, 1.54) is 0 Å². The normalized spacial score (nSPS) is 24.9. The third-order valence-corrected chi connectivity index (χ3v) is 2.16. The average molecular weight is 216 g/mol. The minimum absolute atomic E-state index is 0.216. The third kappa shape index (κ3) is 4.84. The fourth-order valence-corrected chi connectivity index (χ4v) is 1.35. The number of ether oxygens (including phenoxy) is 1. The summed E-state index contributed by atoms with van der Waals surface area (Å²) in [6.45, 7) is 2.62. The van der Waals surface area contributed by atoms with Crippen LogP contribution in [0, 0.1) is 23.7 Å². The van der Waals surface area contributed by atoms with Crippen molar-refractivity contribution >= 4 is 0 Å². The van der Waals surface area contributed by atoms with E-state index in [0.29, 0.717) is 6.61 Å². The molecular formula is C14H16O2. The second-order valence-electron chi connectivity index (χ2n) is 3.44. The SMILES string of the molecule is C/C=C/C#CC#C/C=C/[C@@H]1OCCC[C@H]1O. The summed E-state index contributed by atoms with van der Waals surface area (Å²) in [5, 5.41) is 9.58. The van der Waals surface area contributed by atoms with E-state index in [9.17, 15) is 5.11 Å². The van der Waals surface area contributed by atoms with Gasteiger partial charge < -0.3 is 9.84 Å². The first-order chi connectivity index (χ1) is 7.84. The molecule has 0 amide bonds. The summed E-state index contributed by atoms with van der Waals surface area (Å²) in [5.74, 6) is 10.9. The Morgan fingerprint density at radius 3 is 2.69 bits per heavy atom. The van der Waals surface area contributed by atoms with Crippen LogP contribution in [0.25, 0.3) is 0 Å². The predicted molar refractivity (Wildman–Crippen MR) is 64.5 cm³/mol. The first kappa shape index (κ1) is 12.6. The van der Waals surface area contributed by atoms with Crippen molar-refractivity contribution in [3.63, 3.8) is 0 Å². The number of hydrogen-bond donors (Lipinski definition) is 1. The molecule has 0 radical (unpaired) electrons. The van der Waals surface area contributed by atoms with Gasteiger partial charge in [0, 0.05) is 6.61 Å². The molecule has 1 N–H and O–H groups in total. The first-order valence-electron chi connectivity index (χ1n) is 5.43. The lowest BCUT2D eigenvalue weighted by Gasteiger charge is -2.25. The van der Waals surface area contributed by atoms with Crippen molar-refractivity contribution in [2.45, 2.75) is 32.0 Å². The van der Waals surface area contributed by atoms with Crippen LogP contribution in [0.2, 0.25) is 0 Å². The Bertz CT molecular complexity index is 371. The van der Waals surface area contributed by atoms with Gasteiger partial charge in [0.05, 0.1) is 6.10 Å². The average Bonchev–Trinajstić information content (AvgIpc) is 2.30. The van der Waals surface area contributed by atoms with E-state index in [0.717, 1.165) is 12.8 Å². The van der Waals surface area contributed by atoms with Crippen molar-refractivity contribution < 1.29 is 9.84 Å². The summed E-state index contributed by atoms with van der Waals surface area (Å²) in [6.07, 6.45) is 8.17. The fraction of sp³-hybridized carbons (Fsp3) is 0.429. The van der Waals surface area contributed by atoms with Gasteiger partial charge >= 0.3 is 0 Å². The van der Waals surface area contributed by atoms with Gasteiger partial charge in [-0.1, -0.05) is 17.9 Å². The predicted octanol–water partition coefficient (Wildman–Crippen LogP) is 1.67. The van der Waals surface area contributed by atoms with Crippen molar-refractivity contribution in [3.8, 4) is 23.7 Å². The van der Waals surface area contributed by atoms with Crippen LogP contribution in [0.15, 0.2) is 24.3 Å². The molecule has 2 nitrogen and oxygen atoms in total. The van der Waals surface area contributed by atoms with E-state index in [2.05, 4.69) is 23.7 Å². The Morgan fingerprint density at radius 1 is 1.25 bits per heavy atom. The van der Waals surface area contributed by atoms with Crippen LogP contribution < -0.4 is 0 Å². The van der Waals surface area contributed by atoms with E-state index in [1.807, 2.05) is 13.0 Å². The largest absolute Gasteiger partial charge is 0.390 e. The van der Waals surface area contributed by atoms with Crippen molar-refractivity contribution in [1.82, 2.24) is 0 Å². The zero-order valence-electron chi connectivity index (χ0n) is 9.44. The summed E-state index contributed by atoms with van der Waals surface area (Å²) in [4.78, 5) is 0. The summed E-state index contributed by atoms with van der Waals surface area (Å²) < 4.78 is 5.38. The van der Waals surface area contributed by atoms with Crippen molar-refractivity contribution in [1.29, 1.82) is 0 Å². The third-order valence-electron chi connectivity index (χ3n) is 2.16. The van der Waals surface area contributed by atoms with Gasteiger partial charge in [-0.25, -0.2) is 0 Å².